The van der Waals surface area contributed by atoms with E-state index in [1.165, 1.54) is 0 Å². The van der Waals surface area contributed by atoms with Crippen molar-refractivity contribution in [2.45, 2.75) is 0 Å². The number of nitrogens with two attached hydrogens (primary N) is 1. The van der Waals surface area contributed by atoms with Gasteiger partial charge in [-0.05, 0) is 40.6 Å². The molecule has 0 spiro atoms. The molecule has 5 rings (SSSR count). The summed E-state index contributed by atoms with van der Waals surface area (Å²) in [5.41, 5.74) is 8.91. The average molecular weight is 427 g/mol. The highest BCUT2D eigenvalue weighted by Crippen LogP contribution is 2.32. The number of pyridine rings is 1. The summed E-state index contributed by atoms with van der Waals surface area (Å²) in [4.78, 5) is 20.9. The number of fused-ring (bicyclic) bond motifs is 1. The van der Waals surface area contributed by atoms with Crippen molar-refractivity contribution < 1.29 is 14.2 Å². The number of rotatable bonds is 5. The van der Waals surface area contributed by atoms with E-state index in [9.17, 15) is 4.79 Å². The molecule has 0 aliphatic heterocycles. The lowest BCUT2D eigenvalue weighted by Gasteiger charge is -2.09. The SMILES string of the molecule is CNC(=O)c1cccc(Oc2cc3c(cn2)nc(-c2nonc2N)n3-c2ccccc2)c1. The van der Waals surface area contributed by atoms with Crippen LogP contribution in [0.5, 0.6) is 11.6 Å². The number of nitrogens with one attached hydrogen (secondary N) is 1. The average Bonchev–Trinajstić information content (AvgIpc) is 3.42. The first kappa shape index (κ1) is 19.2. The van der Waals surface area contributed by atoms with Gasteiger partial charge >= 0.3 is 0 Å². The van der Waals surface area contributed by atoms with Gasteiger partial charge in [0.1, 0.15) is 11.3 Å². The summed E-state index contributed by atoms with van der Waals surface area (Å²) in [5, 5.41) is 10.2. The van der Waals surface area contributed by atoms with Gasteiger partial charge in [0, 0.05) is 24.4 Å². The Labute approximate surface area is 181 Å². The number of ether oxygens (including phenoxy) is 1. The van der Waals surface area contributed by atoms with E-state index in [4.69, 9.17) is 15.1 Å². The summed E-state index contributed by atoms with van der Waals surface area (Å²) in [7, 11) is 1.57. The Morgan fingerprint density at radius 1 is 1.09 bits per heavy atom. The standard InChI is InChI=1S/C22H17N7O3/c1-24-22(30)13-6-5-9-15(10-13)31-18-11-17-16(12-25-18)26-21(19-20(23)28-32-27-19)29(17)14-7-3-2-4-8-14/h2-12H,1H3,(H2,23,28)(H,24,30). The van der Waals surface area contributed by atoms with Crippen LogP contribution in [0.1, 0.15) is 10.4 Å². The molecule has 3 heterocycles. The van der Waals surface area contributed by atoms with Gasteiger partial charge in [-0.25, -0.2) is 14.6 Å². The van der Waals surface area contributed by atoms with Crippen LogP contribution < -0.4 is 15.8 Å². The number of benzene rings is 2. The number of para-hydroxylation sites is 1. The topological polar surface area (TPSA) is 134 Å². The lowest BCUT2D eigenvalue weighted by atomic mass is 10.2. The van der Waals surface area contributed by atoms with Gasteiger partial charge < -0.3 is 15.8 Å². The third kappa shape index (κ3) is 3.39. The number of hydrogen-bond donors (Lipinski definition) is 2. The number of aromatic nitrogens is 5. The second-order valence-corrected chi connectivity index (χ2v) is 6.82. The molecule has 3 N–H and O–H groups in total. The minimum absolute atomic E-state index is 0.132. The Hall–Kier alpha value is -4.73. The van der Waals surface area contributed by atoms with Gasteiger partial charge in [-0.3, -0.25) is 9.36 Å². The highest BCUT2D eigenvalue weighted by molar-refractivity contribution is 5.94. The van der Waals surface area contributed by atoms with E-state index in [1.54, 1.807) is 43.6 Å². The molecule has 0 saturated heterocycles. The molecular formula is C22H17N7O3. The van der Waals surface area contributed by atoms with Crippen molar-refractivity contribution in [1.82, 2.24) is 30.2 Å². The van der Waals surface area contributed by atoms with Gasteiger partial charge in [-0.2, -0.15) is 0 Å². The second-order valence-electron chi connectivity index (χ2n) is 6.82. The third-order valence-electron chi connectivity index (χ3n) is 4.80. The highest BCUT2D eigenvalue weighted by Gasteiger charge is 2.21. The molecular weight excluding hydrogens is 410 g/mol. The van der Waals surface area contributed by atoms with Crippen molar-refractivity contribution in [2.75, 3.05) is 12.8 Å². The maximum Gasteiger partial charge on any atom is 0.251 e. The van der Waals surface area contributed by atoms with Gasteiger partial charge in [-0.15, -0.1) is 0 Å². The van der Waals surface area contributed by atoms with E-state index in [0.29, 0.717) is 34.2 Å². The number of nitrogen functional groups attached to an aromatic ring is 1. The molecule has 0 saturated carbocycles. The fourth-order valence-electron chi connectivity index (χ4n) is 3.33. The summed E-state index contributed by atoms with van der Waals surface area (Å²) >= 11 is 0. The van der Waals surface area contributed by atoms with Crippen molar-refractivity contribution in [3.63, 3.8) is 0 Å². The van der Waals surface area contributed by atoms with Crippen molar-refractivity contribution in [1.29, 1.82) is 0 Å². The lowest BCUT2D eigenvalue weighted by molar-refractivity contribution is 0.0962. The van der Waals surface area contributed by atoms with Gasteiger partial charge in [0.15, 0.2) is 17.3 Å². The molecule has 0 aliphatic carbocycles. The number of nitrogens with zero attached hydrogens (tertiary/aromatic N) is 5. The fourth-order valence-corrected chi connectivity index (χ4v) is 3.33. The molecule has 158 valence electrons. The molecule has 5 aromatic rings. The number of amides is 1. The third-order valence-corrected chi connectivity index (χ3v) is 4.80. The van der Waals surface area contributed by atoms with Gasteiger partial charge in [0.05, 0.1) is 11.7 Å². The summed E-state index contributed by atoms with van der Waals surface area (Å²) in [5.74, 6) is 1.21. The molecule has 3 aromatic heterocycles. The number of anilines is 1. The predicted octanol–water partition coefficient (Wildman–Crippen LogP) is 3.20. The maximum atomic E-state index is 11.9. The summed E-state index contributed by atoms with van der Waals surface area (Å²) in [6.45, 7) is 0. The Kier molecular flexibility index (Phi) is 4.71. The second kappa shape index (κ2) is 7.84. The number of carbonyl (C=O) groups excluding carboxylic acids is 1. The van der Waals surface area contributed by atoms with Crippen LogP contribution in [0.15, 0.2) is 71.5 Å². The van der Waals surface area contributed by atoms with Crippen LogP contribution in [0, 0.1) is 0 Å². The number of imidazole rings is 1. The highest BCUT2D eigenvalue weighted by atomic mass is 16.6. The van der Waals surface area contributed by atoms with Crippen LogP contribution in [0.4, 0.5) is 5.82 Å². The first-order chi connectivity index (χ1) is 15.6. The molecule has 0 bridgehead atoms. The molecule has 1 amide bonds. The Bertz CT molecular complexity index is 1430. The van der Waals surface area contributed by atoms with E-state index >= 15 is 0 Å². The van der Waals surface area contributed by atoms with Gasteiger partial charge in [0.2, 0.25) is 5.88 Å². The molecule has 0 radical (unpaired) electrons. The van der Waals surface area contributed by atoms with Crippen LogP contribution in [-0.2, 0) is 0 Å². The van der Waals surface area contributed by atoms with Crippen LogP contribution in [0.2, 0.25) is 0 Å². The smallest absolute Gasteiger partial charge is 0.251 e. The van der Waals surface area contributed by atoms with E-state index in [1.807, 2.05) is 34.9 Å². The molecule has 2 aromatic carbocycles. The Balaban J connectivity index is 1.62. The molecule has 0 unspecified atom stereocenters. The minimum atomic E-state index is -0.204. The van der Waals surface area contributed by atoms with Crippen LogP contribution in [0.3, 0.4) is 0 Å². The van der Waals surface area contributed by atoms with Crippen LogP contribution in [0.25, 0.3) is 28.2 Å². The van der Waals surface area contributed by atoms with Crippen molar-refractivity contribution in [2.24, 2.45) is 0 Å². The van der Waals surface area contributed by atoms with Crippen molar-refractivity contribution in [3.05, 3.63) is 72.4 Å². The first-order valence-corrected chi connectivity index (χ1v) is 9.66. The van der Waals surface area contributed by atoms with Crippen LogP contribution in [-0.4, -0.2) is 37.8 Å². The molecule has 10 nitrogen and oxygen atoms in total. The van der Waals surface area contributed by atoms with Gasteiger partial charge in [0.25, 0.3) is 5.91 Å². The van der Waals surface area contributed by atoms with Gasteiger partial charge in [-0.1, -0.05) is 24.3 Å². The van der Waals surface area contributed by atoms with E-state index in [2.05, 4.69) is 25.6 Å². The van der Waals surface area contributed by atoms with Crippen molar-refractivity contribution in [3.8, 4) is 28.8 Å². The Morgan fingerprint density at radius 2 is 1.94 bits per heavy atom. The quantitative estimate of drug-likeness (QED) is 0.437. The van der Waals surface area contributed by atoms with E-state index in [-0.39, 0.29) is 11.7 Å². The first-order valence-electron chi connectivity index (χ1n) is 9.66. The summed E-state index contributed by atoms with van der Waals surface area (Å²) < 4.78 is 12.6. The molecule has 0 atom stereocenters. The normalized spacial score (nSPS) is 10.9. The van der Waals surface area contributed by atoms with E-state index in [0.717, 1.165) is 11.2 Å². The molecule has 0 fully saturated rings. The summed E-state index contributed by atoms with van der Waals surface area (Å²) in [6, 6.07) is 18.2. The zero-order valence-electron chi connectivity index (χ0n) is 16.9. The molecule has 10 heteroatoms. The minimum Gasteiger partial charge on any atom is -0.439 e. The predicted molar refractivity (Wildman–Crippen MR) is 116 cm³/mol. The molecule has 0 aliphatic rings. The lowest BCUT2D eigenvalue weighted by Crippen LogP contribution is -2.17. The number of hydrogen-bond acceptors (Lipinski definition) is 8. The zero-order chi connectivity index (χ0) is 22.1. The largest absolute Gasteiger partial charge is 0.439 e. The Morgan fingerprint density at radius 3 is 2.69 bits per heavy atom. The number of carbonyl (C=O) groups is 1. The monoisotopic (exact) mass is 427 g/mol. The fraction of sp³-hybridized carbons (Fsp3) is 0.0455. The van der Waals surface area contributed by atoms with Crippen LogP contribution >= 0.6 is 0 Å². The molecule has 32 heavy (non-hydrogen) atoms. The summed E-state index contributed by atoms with van der Waals surface area (Å²) in [6.07, 6.45) is 1.60. The van der Waals surface area contributed by atoms with E-state index < -0.39 is 0 Å². The zero-order valence-corrected chi connectivity index (χ0v) is 16.9. The van der Waals surface area contributed by atoms with Crippen molar-refractivity contribution >= 4 is 22.8 Å². The maximum absolute atomic E-state index is 11.9.